The molecule has 2 fully saturated rings. The van der Waals surface area contributed by atoms with Crippen LogP contribution in [0.1, 0.15) is 30.7 Å². The molecule has 0 radical (unpaired) electrons. The largest absolute Gasteiger partial charge is 0.338 e. The third-order valence-corrected chi connectivity index (χ3v) is 4.57. The van der Waals surface area contributed by atoms with E-state index >= 15 is 0 Å². The maximum Gasteiger partial charge on any atom is 0.226 e. The topological polar surface area (TPSA) is 32.3 Å². The Labute approximate surface area is 123 Å². The van der Waals surface area contributed by atoms with Gasteiger partial charge in [0.2, 0.25) is 5.91 Å². The second kappa shape index (κ2) is 5.72. The fraction of sp³-hybridized carbons (Fsp3) is 0.562. The van der Waals surface area contributed by atoms with Gasteiger partial charge in [0.25, 0.3) is 0 Å². The zero-order valence-corrected chi connectivity index (χ0v) is 12.1. The van der Waals surface area contributed by atoms with Crippen LogP contribution in [0.3, 0.4) is 0 Å². The van der Waals surface area contributed by atoms with Gasteiger partial charge in [-0.1, -0.05) is 6.07 Å². The highest BCUT2D eigenvalue weighted by atomic mass is 19.1. The Hall–Kier alpha value is -1.49. The van der Waals surface area contributed by atoms with E-state index in [2.05, 4.69) is 5.32 Å². The van der Waals surface area contributed by atoms with Crippen LogP contribution >= 0.6 is 0 Å². The molecule has 1 aromatic carbocycles. The summed E-state index contributed by atoms with van der Waals surface area (Å²) in [5.41, 5.74) is 0.471. The number of rotatable bonds is 4. The molecule has 1 saturated heterocycles. The standard InChI is InChI=1S/C16H20F2N2O/c1-19-9-11-3-2-6-20(11)16(21)14-8-13(14)12-5-4-10(17)7-15(12)18/h4-5,7,11,13-14,19H,2-3,6,8-9H2,1H3. The van der Waals surface area contributed by atoms with Crippen molar-refractivity contribution >= 4 is 5.91 Å². The summed E-state index contributed by atoms with van der Waals surface area (Å²) in [4.78, 5) is 14.5. The molecule has 3 unspecified atom stereocenters. The lowest BCUT2D eigenvalue weighted by atomic mass is 10.1. The summed E-state index contributed by atoms with van der Waals surface area (Å²) in [7, 11) is 1.88. The van der Waals surface area contributed by atoms with Crippen LogP contribution in [0.15, 0.2) is 18.2 Å². The summed E-state index contributed by atoms with van der Waals surface area (Å²) in [6.07, 6.45) is 2.72. The summed E-state index contributed by atoms with van der Waals surface area (Å²) in [6, 6.07) is 3.88. The smallest absolute Gasteiger partial charge is 0.226 e. The average molecular weight is 294 g/mol. The molecule has 0 spiro atoms. The van der Waals surface area contributed by atoms with Gasteiger partial charge in [0.1, 0.15) is 11.6 Å². The van der Waals surface area contributed by atoms with E-state index in [-0.39, 0.29) is 23.8 Å². The first kappa shape index (κ1) is 14.4. The van der Waals surface area contributed by atoms with Gasteiger partial charge >= 0.3 is 0 Å². The quantitative estimate of drug-likeness (QED) is 0.924. The molecule has 1 heterocycles. The highest BCUT2D eigenvalue weighted by Gasteiger charge is 2.48. The summed E-state index contributed by atoms with van der Waals surface area (Å²) in [5, 5.41) is 3.12. The fourth-order valence-corrected chi connectivity index (χ4v) is 3.40. The second-order valence-electron chi connectivity index (χ2n) is 6.00. The van der Waals surface area contributed by atoms with Crippen molar-refractivity contribution in [3.8, 4) is 0 Å². The number of likely N-dealkylation sites (tertiary alicyclic amines) is 1. The lowest BCUT2D eigenvalue weighted by Gasteiger charge is -2.24. The molecule has 1 saturated carbocycles. The maximum atomic E-state index is 13.8. The number of hydrogen-bond acceptors (Lipinski definition) is 2. The molecule has 21 heavy (non-hydrogen) atoms. The van der Waals surface area contributed by atoms with E-state index in [9.17, 15) is 13.6 Å². The summed E-state index contributed by atoms with van der Waals surface area (Å²) in [5.74, 6) is -1.21. The number of carbonyl (C=O) groups excluding carboxylic acids is 1. The second-order valence-corrected chi connectivity index (χ2v) is 6.00. The fourth-order valence-electron chi connectivity index (χ4n) is 3.40. The lowest BCUT2D eigenvalue weighted by molar-refractivity contribution is -0.133. The van der Waals surface area contributed by atoms with Crippen LogP contribution in [-0.2, 0) is 4.79 Å². The molecule has 1 aliphatic heterocycles. The monoisotopic (exact) mass is 294 g/mol. The number of hydrogen-bond donors (Lipinski definition) is 1. The first-order chi connectivity index (χ1) is 10.1. The predicted octanol–water partition coefficient (Wildman–Crippen LogP) is 2.28. The Kier molecular flexibility index (Phi) is 3.93. The van der Waals surface area contributed by atoms with Crippen molar-refractivity contribution in [3.63, 3.8) is 0 Å². The SMILES string of the molecule is CNCC1CCCN1C(=O)C1CC1c1ccc(F)cc1F. The number of nitrogens with zero attached hydrogens (tertiary/aromatic N) is 1. The summed E-state index contributed by atoms with van der Waals surface area (Å²) in [6.45, 7) is 1.59. The minimum Gasteiger partial charge on any atom is -0.338 e. The van der Waals surface area contributed by atoms with Crippen LogP contribution in [0.4, 0.5) is 8.78 Å². The van der Waals surface area contributed by atoms with Crippen LogP contribution < -0.4 is 5.32 Å². The molecule has 0 bridgehead atoms. The Morgan fingerprint density at radius 1 is 1.43 bits per heavy atom. The van der Waals surface area contributed by atoms with Crippen LogP contribution in [-0.4, -0.2) is 37.0 Å². The van der Waals surface area contributed by atoms with Crippen LogP contribution in [0.5, 0.6) is 0 Å². The average Bonchev–Trinajstić information content (AvgIpc) is 3.09. The van der Waals surface area contributed by atoms with Gasteiger partial charge in [0.15, 0.2) is 0 Å². The summed E-state index contributed by atoms with van der Waals surface area (Å²) >= 11 is 0. The molecule has 3 rings (SSSR count). The van der Waals surface area contributed by atoms with Crippen LogP contribution in [0, 0.1) is 17.6 Å². The number of benzene rings is 1. The number of nitrogens with one attached hydrogen (secondary N) is 1. The molecular weight excluding hydrogens is 274 g/mol. The number of likely N-dealkylation sites (N-methyl/N-ethyl adjacent to an activating group) is 1. The molecule has 1 aromatic rings. The first-order valence-electron chi connectivity index (χ1n) is 7.52. The lowest BCUT2D eigenvalue weighted by Crippen LogP contribution is -2.41. The van der Waals surface area contributed by atoms with E-state index in [1.54, 1.807) is 0 Å². The van der Waals surface area contributed by atoms with Crippen molar-refractivity contribution in [2.75, 3.05) is 20.1 Å². The number of halogens is 2. The first-order valence-corrected chi connectivity index (χ1v) is 7.52. The Morgan fingerprint density at radius 2 is 2.24 bits per heavy atom. The van der Waals surface area contributed by atoms with Crippen molar-refractivity contribution in [1.82, 2.24) is 10.2 Å². The molecule has 3 atom stereocenters. The minimum absolute atomic E-state index is 0.0889. The van der Waals surface area contributed by atoms with Crippen LogP contribution in [0.25, 0.3) is 0 Å². The Morgan fingerprint density at radius 3 is 2.95 bits per heavy atom. The van der Waals surface area contributed by atoms with Crippen molar-refractivity contribution in [3.05, 3.63) is 35.4 Å². The molecular formula is C16H20F2N2O. The molecule has 0 aromatic heterocycles. The highest BCUT2D eigenvalue weighted by Crippen LogP contribution is 2.49. The molecule has 1 N–H and O–H groups in total. The molecule has 2 aliphatic rings. The number of carbonyl (C=O) groups is 1. The maximum absolute atomic E-state index is 13.8. The third-order valence-electron chi connectivity index (χ3n) is 4.57. The molecule has 114 valence electrons. The summed E-state index contributed by atoms with van der Waals surface area (Å²) < 4.78 is 26.7. The van der Waals surface area contributed by atoms with E-state index in [4.69, 9.17) is 0 Å². The van der Waals surface area contributed by atoms with Gasteiger partial charge in [0, 0.05) is 31.1 Å². The van der Waals surface area contributed by atoms with Gasteiger partial charge in [-0.2, -0.15) is 0 Å². The molecule has 3 nitrogen and oxygen atoms in total. The molecule has 5 heteroatoms. The van der Waals surface area contributed by atoms with E-state index in [0.717, 1.165) is 32.0 Å². The minimum atomic E-state index is -0.576. The van der Waals surface area contributed by atoms with Gasteiger partial charge < -0.3 is 10.2 Å². The molecule has 1 aliphatic carbocycles. The Bertz CT molecular complexity index is 549. The zero-order valence-electron chi connectivity index (χ0n) is 12.1. The molecule has 1 amide bonds. The van der Waals surface area contributed by atoms with Crippen molar-refractivity contribution in [2.45, 2.75) is 31.2 Å². The van der Waals surface area contributed by atoms with Gasteiger partial charge in [0.05, 0.1) is 0 Å². The van der Waals surface area contributed by atoms with E-state index < -0.39 is 11.6 Å². The van der Waals surface area contributed by atoms with Gasteiger partial charge in [-0.3, -0.25) is 4.79 Å². The zero-order chi connectivity index (χ0) is 15.0. The van der Waals surface area contributed by atoms with Crippen molar-refractivity contribution in [2.24, 2.45) is 5.92 Å². The predicted molar refractivity (Wildman–Crippen MR) is 75.9 cm³/mol. The van der Waals surface area contributed by atoms with Gasteiger partial charge in [-0.15, -0.1) is 0 Å². The number of amides is 1. The normalized spacial score (nSPS) is 28.0. The van der Waals surface area contributed by atoms with E-state index in [1.807, 2.05) is 11.9 Å². The van der Waals surface area contributed by atoms with Crippen LogP contribution in [0.2, 0.25) is 0 Å². The highest BCUT2D eigenvalue weighted by molar-refractivity contribution is 5.83. The van der Waals surface area contributed by atoms with Gasteiger partial charge in [-0.25, -0.2) is 8.78 Å². The van der Waals surface area contributed by atoms with Crippen molar-refractivity contribution < 1.29 is 13.6 Å². The van der Waals surface area contributed by atoms with E-state index in [0.29, 0.717) is 12.0 Å². The van der Waals surface area contributed by atoms with Gasteiger partial charge in [-0.05, 0) is 43.9 Å². The van der Waals surface area contributed by atoms with Crippen molar-refractivity contribution in [1.29, 1.82) is 0 Å². The third kappa shape index (κ3) is 2.79. The van der Waals surface area contributed by atoms with E-state index in [1.165, 1.54) is 12.1 Å². The Balaban J connectivity index is 1.68.